The van der Waals surface area contributed by atoms with Crippen LogP contribution in [0.2, 0.25) is 0 Å². The molecule has 1 fully saturated rings. The number of hydrogen-bond donors (Lipinski definition) is 0. The highest BCUT2D eigenvalue weighted by Crippen LogP contribution is 2.28. The largest absolute Gasteiger partial charge is 0.573 e. The summed E-state index contributed by atoms with van der Waals surface area (Å²) in [6.45, 7) is 1.87. The minimum absolute atomic E-state index is 0.195. The highest BCUT2D eigenvalue weighted by molar-refractivity contribution is 5.82. The molecule has 1 amide bonds. The maximum atomic E-state index is 13.0. The molecule has 0 saturated carbocycles. The van der Waals surface area contributed by atoms with Gasteiger partial charge in [0.2, 0.25) is 0 Å². The maximum Gasteiger partial charge on any atom is 0.573 e. The average molecular weight is 555 g/mol. The number of methoxy groups -OCH3 is 1. The van der Waals surface area contributed by atoms with Crippen molar-refractivity contribution in [2.24, 2.45) is 0 Å². The maximum absolute atomic E-state index is 13.0. The molecule has 3 aromatic carbocycles. The molecule has 11 heteroatoms. The predicted octanol–water partition coefficient (Wildman–Crippen LogP) is 5.68. The van der Waals surface area contributed by atoms with Crippen molar-refractivity contribution in [3.8, 4) is 28.4 Å². The number of benzene rings is 3. The Morgan fingerprint density at radius 1 is 0.950 bits per heavy atom. The van der Waals surface area contributed by atoms with Crippen LogP contribution in [0, 0.1) is 0 Å². The summed E-state index contributed by atoms with van der Waals surface area (Å²) in [5, 5.41) is 0.421. The van der Waals surface area contributed by atoms with Crippen molar-refractivity contribution in [3.05, 3.63) is 88.8 Å². The number of carbonyl (C=O) groups is 1. The Kier molecular flexibility index (Phi) is 7.65. The molecule has 2 heterocycles. The molecule has 1 aliphatic heterocycles. The number of amides is 1. The van der Waals surface area contributed by atoms with E-state index in [1.807, 2.05) is 4.90 Å². The Hall–Kier alpha value is -4.51. The molecule has 0 spiro atoms. The Labute approximate surface area is 227 Å². The van der Waals surface area contributed by atoms with Crippen LogP contribution in [-0.4, -0.2) is 55.5 Å². The van der Waals surface area contributed by atoms with Crippen LogP contribution in [0.15, 0.2) is 82.2 Å². The molecule has 0 atom stereocenters. The fourth-order valence-electron chi connectivity index (χ4n) is 4.49. The summed E-state index contributed by atoms with van der Waals surface area (Å²) < 4.78 is 58.6. The lowest BCUT2D eigenvalue weighted by Crippen LogP contribution is -2.49. The van der Waals surface area contributed by atoms with Gasteiger partial charge in [0, 0.05) is 44.4 Å². The second kappa shape index (κ2) is 11.3. The summed E-state index contributed by atoms with van der Waals surface area (Å²) in [7, 11) is 1.53. The molecule has 0 aliphatic carbocycles. The van der Waals surface area contributed by atoms with Gasteiger partial charge in [0.1, 0.15) is 29.1 Å². The van der Waals surface area contributed by atoms with Gasteiger partial charge in [-0.25, -0.2) is 4.79 Å². The summed E-state index contributed by atoms with van der Waals surface area (Å²) in [4.78, 5) is 29.2. The zero-order chi connectivity index (χ0) is 28.3. The van der Waals surface area contributed by atoms with Gasteiger partial charge in [-0.05, 0) is 35.9 Å². The summed E-state index contributed by atoms with van der Waals surface area (Å²) in [6.07, 6.45) is -3.92. The summed E-state index contributed by atoms with van der Waals surface area (Å²) in [5.41, 5.74) is 1.61. The molecule has 0 radical (unpaired) electrons. The van der Waals surface area contributed by atoms with E-state index in [1.54, 1.807) is 54.6 Å². The Morgan fingerprint density at radius 3 is 2.35 bits per heavy atom. The number of fused-ring (bicyclic) bond motifs is 1. The van der Waals surface area contributed by atoms with Crippen molar-refractivity contribution in [1.82, 2.24) is 9.80 Å². The Balaban J connectivity index is 1.18. The predicted molar refractivity (Wildman–Crippen MR) is 140 cm³/mol. The van der Waals surface area contributed by atoms with E-state index in [2.05, 4.69) is 4.74 Å². The van der Waals surface area contributed by atoms with Crippen LogP contribution >= 0.6 is 0 Å². The van der Waals surface area contributed by atoms with E-state index in [4.69, 9.17) is 13.9 Å². The first-order valence-corrected chi connectivity index (χ1v) is 12.4. The van der Waals surface area contributed by atoms with Crippen molar-refractivity contribution < 1.29 is 36.6 Å². The third-order valence-corrected chi connectivity index (χ3v) is 6.57. The van der Waals surface area contributed by atoms with Gasteiger partial charge in [-0.15, -0.1) is 13.2 Å². The van der Waals surface area contributed by atoms with Gasteiger partial charge in [-0.3, -0.25) is 9.69 Å². The molecule has 0 unspecified atom stereocenters. The van der Waals surface area contributed by atoms with Crippen LogP contribution in [0.5, 0.6) is 17.2 Å². The SMILES string of the molecule is COc1ccc2c(=O)c(-c3ccc(OC(=O)N4CCN(Cc5ccccc5OC(F)(F)F)CC4)cc3)coc2c1. The van der Waals surface area contributed by atoms with Crippen molar-refractivity contribution in [2.75, 3.05) is 33.3 Å². The van der Waals surface area contributed by atoms with Crippen molar-refractivity contribution in [2.45, 2.75) is 12.9 Å². The van der Waals surface area contributed by atoms with Gasteiger partial charge in [0.05, 0.1) is 18.1 Å². The number of hydrogen-bond acceptors (Lipinski definition) is 7. The van der Waals surface area contributed by atoms with E-state index < -0.39 is 12.5 Å². The first-order chi connectivity index (χ1) is 19.2. The summed E-state index contributed by atoms with van der Waals surface area (Å²) >= 11 is 0. The molecule has 0 N–H and O–H groups in total. The molecule has 5 rings (SSSR count). The first kappa shape index (κ1) is 27.1. The summed E-state index contributed by atoms with van der Waals surface area (Å²) in [5.74, 6) is 0.656. The number of piperazine rings is 1. The van der Waals surface area contributed by atoms with Crippen molar-refractivity contribution in [3.63, 3.8) is 0 Å². The number of nitrogens with zero attached hydrogens (tertiary/aromatic N) is 2. The lowest BCUT2D eigenvalue weighted by Gasteiger charge is -2.34. The summed E-state index contributed by atoms with van der Waals surface area (Å²) in [6, 6.07) is 17.5. The lowest BCUT2D eigenvalue weighted by atomic mass is 10.1. The zero-order valence-corrected chi connectivity index (χ0v) is 21.4. The Morgan fingerprint density at radius 2 is 1.65 bits per heavy atom. The van der Waals surface area contributed by atoms with Gasteiger partial charge >= 0.3 is 12.5 Å². The van der Waals surface area contributed by atoms with E-state index >= 15 is 0 Å². The smallest absolute Gasteiger partial charge is 0.497 e. The molecular weight excluding hydrogens is 529 g/mol. The van der Waals surface area contributed by atoms with Crippen LogP contribution in [0.25, 0.3) is 22.1 Å². The van der Waals surface area contributed by atoms with E-state index in [0.29, 0.717) is 65.3 Å². The number of ether oxygens (including phenoxy) is 3. The van der Waals surface area contributed by atoms with Gasteiger partial charge in [-0.2, -0.15) is 0 Å². The molecule has 0 bridgehead atoms. The highest BCUT2D eigenvalue weighted by atomic mass is 19.4. The van der Waals surface area contributed by atoms with Gasteiger partial charge < -0.3 is 23.5 Å². The van der Waals surface area contributed by atoms with Crippen LogP contribution in [0.1, 0.15) is 5.56 Å². The molecule has 4 aromatic rings. The number of carbonyl (C=O) groups excluding carboxylic acids is 1. The van der Waals surface area contributed by atoms with Gasteiger partial charge in [0.25, 0.3) is 0 Å². The minimum Gasteiger partial charge on any atom is -0.497 e. The number of alkyl halides is 3. The van der Waals surface area contributed by atoms with E-state index in [-0.39, 0.29) is 17.7 Å². The first-order valence-electron chi connectivity index (χ1n) is 12.4. The minimum atomic E-state index is -4.77. The second-order valence-corrected chi connectivity index (χ2v) is 9.15. The van der Waals surface area contributed by atoms with Gasteiger partial charge in [-0.1, -0.05) is 30.3 Å². The molecule has 1 aliphatic rings. The zero-order valence-electron chi connectivity index (χ0n) is 21.4. The van der Waals surface area contributed by atoms with Crippen LogP contribution < -0.4 is 19.6 Å². The standard InChI is InChI=1S/C29H25F3N2O6/c1-37-22-10-11-23-26(16-22)38-18-24(27(23)35)19-6-8-21(9-7-19)39-28(36)34-14-12-33(13-15-34)17-20-4-2-3-5-25(20)40-29(30,31)32/h2-11,16,18H,12-15,17H2,1H3. The van der Waals surface area contributed by atoms with Crippen molar-refractivity contribution in [1.29, 1.82) is 0 Å². The normalized spacial score (nSPS) is 14.2. The Bertz CT molecular complexity index is 1560. The third kappa shape index (κ3) is 6.20. The molecule has 208 valence electrons. The number of para-hydroxylation sites is 1. The fourth-order valence-corrected chi connectivity index (χ4v) is 4.49. The van der Waals surface area contributed by atoms with E-state index in [1.165, 1.54) is 30.4 Å². The van der Waals surface area contributed by atoms with Crippen LogP contribution in [-0.2, 0) is 6.54 Å². The second-order valence-electron chi connectivity index (χ2n) is 9.15. The van der Waals surface area contributed by atoms with Crippen LogP contribution in [0.4, 0.5) is 18.0 Å². The number of halogens is 3. The molecule has 40 heavy (non-hydrogen) atoms. The van der Waals surface area contributed by atoms with E-state index in [0.717, 1.165) is 0 Å². The lowest BCUT2D eigenvalue weighted by molar-refractivity contribution is -0.275. The molecule has 1 aromatic heterocycles. The highest BCUT2D eigenvalue weighted by Gasteiger charge is 2.32. The van der Waals surface area contributed by atoms with E-state index in [9.17, 15) is 22.8 Å². The van der Waals surface area contributed by atoms with Crippen molar-refractivity contribution >= 4 is 17.1 Å². The topological polar surface area (TPSA) is 81.5 Å². The molecular formula is C29H25F3N2O6. The monoisotopic (exact) mass is 554 g/mol. The average Bonchev–Trinajstić information content (AvgIpc) is 2.94. The number of rotatable bonds is 6. The van der Waals surface area contributed by atoms with Gasteiger partial charge in [0.15, 0.2) is 5.43 Å². The molecule has 1 saturated heterocycles. The fraction of sp³-hybridized carbons (Fsp3) is 0.241. The van der Waals surface area contributed by atoms with Crippen LogP contribution in [0.3, 0.4) is 0 Å². The third-order valence-electron chi connectivity index (χ3n) is 6.57. The quantitative estimate of drug-likeness (QED) is 0.303. The molecule has 8 nitrogen and oxygen atoms in total.